The maximum absolute atomic E-state index is 6.19. The van der Waals surface area contributed by atoms with Crippen LogP contribution in [0.4, 0.5) is 0 Å². The molecule has 3 atom stereocenters. The smallest absolute Gasteiger partial charge is 0.0458 e. The van der Waals surface area contributed by atoms with Crippen molar-refractivity contribution in [2.24, 2.45) is 17.6 Å². The van der Waals surface area contributed by atoms with Crippen LogP contribution in [0.2, 0.25) is 0 Å². The van der Waals surface area contributed by atoms with Gasteiger partial charge in [-0.15, -0.1) is 0 Å². The van der Waals surface area contributed by atoms with E-state index in [9.17, 15) is 0 Å². The molecule has 20 heavy (non-hydrogen) atoms. The predicted molar refractivity (Wildman–Crippen MR) is 86.0 cm³/mol. The number of H-pyrrole nitrogens is 1. The number of aryl methyl sites for hydroxylation is 1. The molecule has 3 unspecified atom stereocenters. The van der Waals surface area contributed by atoms with E-state index in [0.717, 1.165) is 18.4 Å². The molecule has 0 aliphatic heterocycles. The average Bonchev–Trinajstić information content (AvgIpc) is 2.77. The summed E-state index contributed by atoms with van der Waals surface area (Å²) in [7, 11) is 0. The third-order valence-electron chi connectivity index (χ3n) is 5.11. The summed E-state index contributed by atoms with van der Waals surface area (Å²) in [6, 6.07) is 8.64. The van der Waals surface area contributed by atoms with Crippen LogP contribution in [0.15, 0.2) is 24.3 Å². The first-order valence-corrected chi connectivity index (χ1v) is 7.98. The van der Waals surface area contributed by atoms with Crippen molar-refractivity contribution in [3.8, 4) is 0 Å². The first-order chi connectivity index (χ1) is 9.70. The van der Waals surface area contributed by atoms with Gasteiger partial charge in [0.2, 0.25) is 0 Å². The second-order valence-corrected chi connectivity index (χ2v) is 6.58. The van der Waals surface area contributed by atoms with Crippen molar-refractivity contribution in [3.63, 3.8) is 0 Å². The minimum atomic E-state index is 0.508. The summed E-state index contributed by atoms with van der Waals surface area (Å²) in [5, 5.41) is 1.37. The first kappa shape index (κ1) is 13.7. The predicted octanol–water partition coefficient (Wildman–Crippen LogP) is 4.34. The normalized spacial score (nSPS) is 24.9. The lowest BCUT2D eigenvalue weighted by atomic mass is 9.73. The molecule has 1 aromatic carbocycles. The highest BCUT2D eigenvalue weighted by Crippen LogP contribution is 2.41. The van der Waals surface area contributed by atoms with Crippen molar-refractivity contribution in [1.29, 1.82) is 0 Å². The molecule has 1 aromatic heterocycles. The highest BCUT2D eigenvalue weighted by molar-refractivity contribution is 5.85. The Balaban J connectivity index is 2.00. The molecule has 3 rings (SSSR count). The number of nitrogens with one attached hydrogen (secondary N) is 1. The van der Waals surface area contributed by atoms with E-state index in [-0.39, 0.29) is 0 Å². The van der Waals surface area contributed by atoms with Gasteiger partial charge in [0.1, 0.15) is 0 Å². The fourth-order valence-electron chi connectivity index (χ4n) is 4.17. The fourth-order valence-corrected chi connectivity index (χ4v) is 4.17. The van der Waals surface area contributed by atoms with E-state index >= 15 is 0 Å². The van der Waals surface area contributed by atoms with Crippen molar-refractivity contribution in [1.82, 2.24) is 4.98 Å². The average molecular weight is 270 g/mol. The quantitative estimate of drug-likeness (QED) is 0.855. The number of hydrogen-bond acceptors (Lipinski definition) is 1. The van der Waals surface area contributed by atoms with E-state index in [1.807, 2.05) is 0 Å². The maximum Gasteiger partial charge on any atom is 0.0458 e. The van der Waals surface area contributed by atoms with Gasteiger partial charge in [-0.3, -0.25) is 0 Å². The lowest BCUT2D eigenvalue weighted by molar-refractivity contribution is 0.248. The van der Waals surface area contributed by atoms with E-state index in [4.69, 9.17) is 5.73 Å². The molecular weight excluding hydrogens is 244 g/mol. The summed E-state index contributed by atoms with van der Waals surface area (Å²) < 4.78 is 0. The van der Waals surface area contributed by atoms with E-state index < -0.39 is 0 Å². The van der Waals surface area contributed by atoms with Gasteiger partial charge in [-0.25, -0.2) is 0 Å². The molecule has 2 aromatic rings. The zero-order valence-electron chi connectivity index (χ0n) is 12.7. The van der Waals surface area contributed by atoms with Crippen LogP contribution in [0, 0.1) is 18.8 Å². The molecule has 0 amide bonds. The summed E-state index contributed by atoms with van der Waals surface area (Å²) in [6.07, 6.45) is 5.43. The van der Waals surface area contributed by atoms with Gasteiger partial charge in [-0.05, 0) is 49.8 Å². The molecule has 1 aliphatic rings. The van der Waals surface area contributed by atoms with Gasteiger partial charge in [-0.2, -0.15) is 0 Å². The second kappa shape index (κ2) is 5.61. The molecule has 1 saturated carbocycles. The second-order valence-electron chi connectivity index (χ2n) is 6.58. The van der Waals surface area contributed by atoms with Gasteiger partial charge in [0.25, 0.3) is 0 Å². The van der Waals surface area contributed by atoms with Crippen molar-refractivity contribution in [3.05, 3.63) is 35.5 Å². The van der Waals surface area contributed by atoms with E-state index in [0.29, 0.717) is 5.92 Å². The summed E-state index contributed by atoms with van der Waals surface area (Å²) in [5.74, 6) is 2.11. The minimum Gasteiger partial charge on any atom is -0.358 e. The van der Waals surface area contributed by atoms with Crippen LogP contribution in [0.1, 0.15) is 49.8 Å². The van der Waals surface area contributed by atoms with Crippen LogP contribution in [-0.2, 0) is 0 Å². The number of aromatic amines is 1. The third kappa shape index (κ3) is 2.37. The van der Waals surface area contributed by atoms with Crippen LogP contribution in [0.3, 0.4) is 0 Å². The topological polar surface area (TPSA) is 41.8 Å². The Kier molecular flexibility index (Phi) is 3.84. The summed E-state index contributed by atoms with van der Waals surface area (Å²) in [6.45, 7) is 5.35. The molecule has 0 radical (unpaired) electrons. The Morgan fingerprint density at radius 1 is 1.30 bits per heavy atom. The van der Waals surface area contributed by atoms with Crippen LogP contribution in [0.25, 0.3) is 10.9 Å². The minimum absolute atomic E-state index is 0.508. The molecule has 0 spiro atoms. The molecule has 1 aliphatic carbocycles. The Morgan fingerprint density at radius 3 is 2.85 bits per heavy atom. The van der Waals surface area contributed by atoms with Crippen LogP contribution in [-0.4, -0.2) is 11.5 Å². The number of hydrogen-bond donors (Lipinski definition) is 2. The Hall–Kier alpha value is -1.28. The summed E-state index contributed by atoms with van der Waals surface area (Å²) >= 11 is 0. The number of benzene rings is 1. The SMILES string of the molecule is Cc1[nH]c2ccccc2c1C(CN)C1CCCC(C)C1. The molecule has 3 N–H and O–H groups in total. The van der Waals surface area contributed by atoms with Crippen molar-refractivity contribution in [2.45, 2.75) is 45.4 Å². The maximum atomic E-state index is 6.19. The molecule has 1 fully saturated rings. The largest absolute Gasteiger partial charge is 0.358 e. The molecule has 2 heteroatoms. The van der Waals surface area contributed by atoms with Crippen molar-refractivity contribution < 1.29 is 0 Å². The molecule has 0 bridgehead atoms. The fraction of sp³-hybridized carbons (Fsp3) is 0.556. The van der Waals surface area contributed by atoms with Gasteiger partial charge in [0.05, 0.1) is 0 Å². The zero-order chi connectivity index (χ0) is 14.1. The molecule has 108 valence electrons. The number of rotatable bonds is 3. The highest BCUT2D eigenvalue weighted by Gasteiger charge is 2.29. The monoisotopic (exact) mass is 270 g/mol. The van der Waals surface area contributed by atoms with E-state index in [1.165, 1.54) is 47.8 Å². The Labute approximate surface area is 121 Å². The highest BCUT2D eigenvalue weighted by atomic mass is 14.7. The van der Waals surface area contributed by atoms with Gasteiger partial charge < -0.3 is 10.7 Å². The zero-order valence-corrected chi connectivity index (χ0v) is 12.7. The van der Waals surface area contributed by atoms with Crippen LogP contribution in [0.5, 0.6) is 0 Å². The molecule has 2 nitrogen and oxygen atoms in total. The summed E-state index contributed by atoms with van der Waals surface area (Å²) in [4.78, 5) is 3.54. The van der Waals surface area contributed by atoms with Gasteiger partial charge >= 0.3 is 0 Å². The lowest BCUT2D eigenvalue weighted by Crippen LogP contribution is -2.26. The van der Waals surface area contributed by atoms with Gasteiger partial charge in [-0.1, -0.05) is 38.0 Å². The van der Waals surface area contributed by atoms with Crippen molar-refractivity contribution in [2.75, 3.05) is 6.54 Å². The Morgan fingerprint density at radius 2 is 2.10 bits per heavy atom. The van der Waals surface area contributed by atoms with E-state index in [1.54, 1.807) is 0 Å². The Bertz CT molecular complexity index is 584. The molecule has 1 heterocycles. The number of aromatic nitrogens is 1. The first-order valence-electron chi connectivity index (χ1n) is 7.98. The summed E-state index contributed by atoms with van der Waals surface area (Å²) in [5.41, 5.74) is 10.2. The molecule has 0 saturated heterocycles. The third-order valence-corrected chi connectivity index (χ3v) is 5.11. The van der Waals surface area contributed by atoms with Crippen LogP contribution < -0.4 is 5.73 Å². The lowest BCUT2D eigenvalue weighted by Gasteiger charge is -2.33. The van der Waals surface area contributed by atoms with Crippen LogP contribution >= 0.6 is 0 Å². The molecular formula is C18H26N2. The van der Waals surface area contributed by atoms with E-state index in [2.05, 4.69) is 43.1 Å². The van der Waals surface area contributed by atoms with Crippen molar-refractivity contribution >= 4 is 10.9 Å². The number of nitrogens with two attached hydrogens (primary N) is 1. The van der Waals surface area contributed by atoms with Gasteiger partial charge in [0.15, 0.2) is 0 Å². The van der Waals surface area contributed by atoms with Gasteiger partial charge in [0, 0.05) is 22.5 Å². The standard InChI is InChI=1S/C18H26N2/c1-12-6-5-7-14(10-12)16(11-19)18-13(2)20-17-9-4-3-8-15(17)18/h3-4,8-9,12,14,16,20H,5-7,10-11,19H2,1-2H3. The number of para-hydroxylation sites is 1. The number of fused-ring (bicyclic) bond motifs is 1.